The van der Waals surface area contributed by atoms with E-state index in [1.807, 2.05) is 12.1 Å². The molecule has 0 spiro atoms. The van der Waals surface area contributed by atoms with Gasteiger partial charge in [0.1, 0.15) is 0 Å². The van der Waals surface area contributed by atoms with Gasteiger partial charge in [-0.3, -0.25) is 9.59 Å². The number of anilines is 1. The van der Waals surface area contributed by atoms with Crippen LogP contribution in [0.15, 0.2) is 24.3 Å². The van der Waals surface area contributed by atoms with E-state index in [-0.39, 0.29) is 23.8 Å². The van der Waals surface area contributed by atoms with Gasteiger partial charge in [0.25, 0.3) is 5.91 Å². The summed E-state index contributed by atoms with van der Waals surface area (Å²) >= 11 is 0. The van der Waals surface area contributed by atoms with Gasteiger partial charge in [-0.2, -0.15) is 0 Å². The largest absolute Gasteiger partial charge is 0.349 e. The van der Waals surface area contributed by atoms with Gasteiger partial charge in [0.05, 0.1) is 0 Å². The van der Waals surface area contributed by atoms with E-state index in [0.29, 0.717) is 23.4 Å². The van der Waals surface area contributed by atoms with Crippen molar-refractivity contribution in [3.8, 4) is 0 Å². The van der Waals surface area contributed by atoms with Crippen molar-refractivity contribution in [3.05, 3.63) is 29.8 Å². The molecule has 4 N–H and O–H groups in total. The SMILES string of the molecule is NC1C2CCCC1CC(C(=O)Nc1ccc(C(=O)NC3CCCC3)cc1)C2. The van der Waals surface area contributed by atoms with E-state index in [2.05, 4.69) is 10.6 Å². The molecule has 3 aliphatic rings. The molecular weight excluding hydrogens is 338 g/mol. The Morgan fingerprint density at radius 3 is 2.15 bits per heavy atom. The monoisotopic (exact) mass is 369 g/mol. The number of carbonyl (C=O) groups excluding carboxylic acids is 2. The second kappa shape index (κ2) is 8.01. The Hall–Kier alpha value is -1.88. The Balaban J connectivity index is 1.32. The second-order valence-corrected chi connectivity index (χ2v) is 8.72. The highest BCUT2D eigenvalue weighted by molar-refractivity contribution is 5.96. The van der Waals surface area contributed by atoms with Crippen molar-refractivity contribution in [2.75, 3.05) is 5.32 Å². The minimum Gasteiger partial charge on any atom is -0.349 e. The van der Waals surface area contributed by atoms with E-state index in [9.17, 15) is 9.59 Å². The zero-order chi connectivity index (χ0) is 18.8. The van der Waals surface area contributed by atoms with Gasteiger partial charge in [0, 0.05) is 29.3 Å². The first-order chi connectivity index (χ1) is 13.1. The number of nitrogens with two attached hydrogens (primary N) is 1. The molecule has 0 radical (unpaired) electrons. The molecule has 0 aliphatic heterocycles. The third-order valence-electron chi connectivity index (χ3n) is 6.89. The molecule has 1 aromatic rings. The van der Waals surface area contributed by atoms with Gasteiger partial charge in [0.15, 0.2) is 0 Å². The number of carbonyl (C=O) groups is 2. The predicted octanol–water partition coefficient (Wildman–Crippen LogP) is 3.45. The van der Waals surface area contributed by atoms with E-state index in [1.54, 1.807) is 12.1 Å². The Morgan fingerprint density at radius 1 is 0.889 bits per heavy atom. The highest BCUT2D eigenvalue weighted by Gasteiger charge is 2.40. The highest BCUT2D eigenvalue weighted by atomic mass is 16.2. The molecule has 3 saturated carbocycles. The summed E-state index contributed by atoms with van der Waals surface area (Å²) < 4.78 is 0. The molecule has 3 aliphatic carbocycles. The van der Waals surface area contributed by atoms with Crippen LogP contribution >= 0.6 is 0 Å². The van der Waals surface area contributed by atoms with Gasteiger partial charge < -0.3 is 16.4 Å². The molecule has 3 fully saturated rings. The summed E-state index contributed by atoms with van der Waals surface area (Å²) in [7, 11) is 0. The van der Waals surface area contributed by atoms with Crippen molar-refractivity contribution in [1.82, 2.24) is 5.32 Å². The van der Waals surface area contributed by atoms with Crippen LogP contribution in [0.25, 0.3) is 0 Å². The summed E-state index contributed by atoms with van der Waals surface area (Å²) in [5, 5.41) is 6.14. The number of rotatable bonds is 4. The lowest BCUT2D eigenvalue weighted by molar-refractivity contribution is -0.122. The lowest BCUT2D eigenvalue weighted by atomic mass is 9.65. The lowest BCUT2D eigenvalue weighted by Gasteiger charge is -2.43. The number of benzene rings is 1. The van der Waals surface area contributed by atoms with Crippen LogP contribution in [0.5, 0.6) is 0 Å². The molecule has 2 amide bonds. The molecule has 2 bridgehead atoms. The number of fused-ring (bicyclic) bond motifs is 2. The Labute approximate surface area is 161 Å². The third kappa shape index (κ3) is 4.18. The molecule has 0 aromatic heterocycles. The summed E-state index contributed by atoms with van der Waals surface area (Å²) in [4.78, 5) is 25.0. The average molecular weight is 370 g/mol. The number of amides is 2. The van der Waals surface area contributed by atoms with E-state index in [1.165, 1.54) is 19.3 Å². The van der Waals surface area contributed by atoms with Crippen molar-refractivity contribution < 1.29 is 9.59 Å². The molecule has 0 heterocycles. The summed E-state index contributed by atoms with van der Waals surface area (Å²) in [6.45, 7) is 0. The first-order valence-corrected chi connectivity index (χ1v) is 10.6. The van der Waals surface area contributed by atoms with E-state index >= 15 is 0 Å². The number of hydrogen-bond acceptors (Lipinski definition) is 3. The van der Waals surface area contributed by atoms with Crippen LogP contribution in [0.4, 0.5) is 5.69 Å². The summed E-state index contributed by atoms with van der Waals surface area (Å²) in [5.74, 6) is 1.13. The van der Waals surface area contributed by atoms with Gasteiger partial charge in [-0.25, -0.2) is 0 Å². The lowest BCUT2D eigenvalue weighted by Crippen LogP contribution is -2.48. The first-order valence-electron chi connectivity index (χ1n) is 10.6. The van der Waals surface area contributed by atoms with Gasteiger partial charge in [-0.15, -0.1) is 0 Å². The molecular formula is C22H31N3O2. The molecule has 2 atom stereocenters. The fourth-order valence-electron chi connectivity index (χ4n) is 5.29. The Kier molecular flexibility index (Phi) is 5.48. The van der Waals surface area contributed by atoms with Crippen LogP contribution in [0.1, 0.15) is 68.1 Å². The van der Waals surface area contributed by atoms with Crippen molar-refractivity contribution in [1.29, 1.82) is 0 Å². The number of hydrogen-bond donors (Lipinski definition) is 3. The summed E-state index contributed by atoms with van der Waals surface area (Å²) in [6.07, 6.45) is 9.93. The normalized spacial score (nSPS) is 30.7. The van der Waals surface area contributed by atoms with Crippen molar-refractivity contribution in [3.63, 3.8) is 0 Å². The van der Waals surface area contributed by atoms with Gasteiger partial charge >= 0.3 is 0 Å². The quantitative estimate of drug-likeness (QED) is 0.760. The van der Waals surface area contributed by atoms with Crippen LogP contribution in [0, 0.1) is 17.8 Å². The maximum atomic E-state index is 12.7. The van der Waals surface area contributed by atoms with Crippen molar-refractivity contribution in [2.24, 2.45) is 23.5 Å². The van der Waals surface area contributed by atoms with Crippen LogP contribution in [-0.2, 0) is 4.79 Å². The highest BCUT2D eigenvalue weighted by Crippen LogP contribution is 2.42. The Bertz CT molecular complexity index is 667. The molecule has 5 heteroatoms. The Morgan fingerprint density at radius 2 is 1.52 bits per heavy atom. The molecule has 5 nitrogen and oxygen atoms in total. The molecule has 27 heavy (non-hydrogen) atoms. The molecule has 2 unspecified atom stereocenters. The topological polar surface area (TPSA) is 84.2 Å². The van der Waals surface area contributed by atoms with Gasteiger partial charge in [-0.05, 0) is 74.6 Å². The van der Waals surface area contributed by atoms with Crippen LogP contribution in [-0.4, -0.2) is 23.9 Å². The fourth-order valence-corrected chi connectivity index (χ4v) is 5.29. The molecule has 0 saturated heterocycles. The van der Waals surface area contributed by atoms with Crippen molar-refractivity contribution in [2.45, 2.75) is 69.9 Å². The second-order valence-electron chi connectivity index (χ2n) is 8.72. The maximum absolute atomic E-state index is 12.7. The molecule has 146 valence electrons. The van der Waals surface area contributed by atoms with E-state index < -0.39 is 0 Å². The average Bonchev–Trinajstić information content (AvgIpc) is 3.15. The standard InChI is InChI=1S/C22H31N3O2/c23-20-15-4-3-5-16(20)13-17(12-15)22(27)25-19-10-8-14(9-11-19)21(26)24-18-6-1-2-7-18/h8-11,15-18,20H,1-7,12-13,23H2,(H,24,26)(H,25,27). The van der Waals surface area contributed by atoms with E-state index in [0.717, 1.165) is 44.2 Å². The summed E-state index contributed by atoms with van der Waals surface area (Å²) in [5.41, 5.74) is 7.75. The smallest absolute Gasteiger partial charge is 0.251 e. The third-order valence-corrected chi connectivity index (χ3v) is 6.89. The van der Waals surface area contributed by atoms with Crippen LogP contribution in [0.3, 0.4) is 0 Å². The predicted molar refractivity (Wildman–Crippen MR) is 106 cm³/mol. The van der Waals surface area contributed by atoms with Gasteiger partial charge in [-0.1, -0.05) is 19.3 Å². The van der Waals surface area contributed by atoms with E-state index in [4.69, 9.17) is 5.73 Å². The minimum atomic E-state index is -0.0196. The zero-order valence-electron chi connectivity index (χ0n) is 16.0. The molecule has 4 rings (SSSR count). The zero-order valence-corrected chi connectivity index (χ0v) is 16.0. The van der Waals surface area contributed by atoms with Crippen LogP contribution in [0.2, 0.25) is 0 Å². The minimum absolute atomic E-state index is 0.0196. The number of nitrogens with one attached hydrogen (secondary N) is 2. The first kappa shape index (κ1) is 18.5. The van der Waals surface area contributed by atoms with Crippen molar-refractivity contribution >= 4 is 17.5 Å². The van der Waals surface area contributed by atoms with Crippen LogP contribution < -0.4 is 16.4 Å². The summed E-state index contributed by atoms with van der Waals surface area (Å²) in [6, 6.07) is 7.85. The molecule has 1 aromatic carbocycles. The van der Waals surface area contributed by atoms with Gasteiger partial charge in [0.2, 0.25) is 5.91 Å². The fraction of sp³-hybridized carbons (Fsp3) is 0.636. The maximum Gasteiger partial charge on any atom is 0.251 e.